The highest BCUT2D eigenvalue weighted by Crippen LogP contribution is 2.18. The Bertz CT molecular complexity index is 798. The number of carbonyl (C=O) groups excluding carboxylic acids is 1. The van der Waals surface area contributed by atoms with Gasteiger partial charge in [-0.1, -0.05) is 60.1 Å². The zero-order valence-corrected chi connectivity index (χ0v) is 12.1. The molecule has 0 unspecified atom stereocenters. The Hall–Kier alpha value is -2.32. The molecular weight excluding hydrogens is 282 g/mol. The van der Waals surface area contributed by atoms with E-state index in [1.165, 1.54) is 5.39 Å². The molecule has 3 heteroatoms. The van der Waals surface area contributed by atoms with Gasteiger partial charge in [0.15, 0.2) is 0 Å². The lowest BCUT2D eigenvalue weighted by Gasteiger charge is -2.06. The van der Waals surface area contributed by atoms with Crippen molar-refractivity contribution in [2.45, 2.75) is 6.42 Å². The Morgan fingerprint density at radius 2 is 1.71 bits per heavy atom. The lowest BCUT2D eigenvalue weighted by Crippen LogP contribution is -2.14. The minimum atomic E-state index is -0.0486. The summed E-state index contributed by atoms with van der Waals surface area (Å²) in [6.07, 6.45) is 0.345. The highest BCUT2D eigenvalue weighted by Gasteiger charge is 2.05. The van der Waals surface area contributed by atoms with Crippen LogP contribution in [0.15, 0.2) is 66.7 Å². The second kappa shape index (κ2) is 5.98. The van der Waals surface area contributed by atoms with Crippen LogP contribution >= 0.6 is 11.6 Å². The van der Waals surface area contributed by atoms with Crippen LogP contribution in [0, 0.1) is 0 Å². The molecule has 0 spiro atoms. The molecule has 0 atom stereocenters. The van der Waals surface area contributed by atoms with E-state index in [4.69, 9.17) is 11.6 Å². The molecule has 0 bridgehead atoms. The van der Waals surface area contributed by atoms with Gasteiger partial charge in [0, 0.05) is 10.7 Å². The lowest BCUT2D eigenvalue weighted by molar-refractivity contribution is -0.115. The SMILES string of the molecule is O=C(Cc1ccc2ccccc2c1)Nc1cccc(Cl)c1. The van der Waals surface area contributed by atoms with Crippen molar-refractivity contribution in [3.05, 3.63) is 77.3 Å². The molecule has 0 aliphatic carbocycles. The van der Waals surface area contributed by atoms with Crippen LogP contribution in [0.4, 0.5) is 5.69 Å². The molecule has 0 aliphatic heterocycles. The van der Waals surface area contributed by atoms with Crippen LogP contribution in [0.1, 0.15) is 5.56 Å². The average molecular weight is 296 g/mol. The van der Waals surface area contributed by atoms with Gasteiger partial charge < -0.3 is 5.32 Å². The number of hydrogen-bond acceptors (Lipinski definition) is 1. The first kappa shape index (κ1) is 13.7. The standard InChI is InChI=1S/C18H14ClNO/c19-16-6-3-7-17(12-16)20-18(21)11-13-8-9-14-4-1-2-5-15(14)10-13/h1-10,12H,11H2,(H,20,21). The summed E-state index contributed by atoms with van der Waals surface area (Å²) in [5, 5.41) is 5.79. The number of benzene rings is 3. The fourth-order valence-electron chi connectivity index (χ4n) is 2.31. The maximum absolute atomic E-state index is 12.1. The summed E-state index contributed by atoms with van der Waals surface area (Å²) >= 11 is 5.90. The second-order valence-corrected chi connectivity index (χ2v) is 5.35. The maximum Gasteiger partial charge on any atom is 0.228 e. The van der Waals surface area contributed by atoms with Gasteiger partial charge in [-0.2, -0.15) is 0 Å². The molecule has 0 radical (unpaired) electrons. The highest BCUT2D eigenvalue weighted by molar-refractivity contribution is 6.30. The Labute approximate surface area is 128 Å². The van der Waals surface area contributed by atoms with Crippen LogP contribution in [-0.4, -0.2) is 5.91 Å². The molecule has 0 saturated heterocycles. The van der Waals surface area contributed by atoms with E-state index in [0.29, 0.717) is 17.1 Å². The van der Waals surface area contributed by atoms with Crippen LogP contribution in [0.2, 0.25) is 5.02 Å². The summed E-state index contributed by atoms with van der Waals surface area (Å²) in [6.45, 7) is 0. The van der Waals surface area contributed by atoms with Gasteiger partial charge in [-0.15, -0.1) is 0 Å². The van der Waals surface area contributed by atoms with Crippen LogP contribution < -0.4 is 5.32 Å². The number of carbonyl (C=O) groups is 1. The van der Waals surface area contributed by atoms with Gasteiger partial charge in [0.05, 0.1) is 6.42 Å². The zero-order chi connectivity index (χ0) is 14.7. The third-order valence-electron chi connectivity index (χ3n) is 3.29. The molecule has 3 aromatic carbocycles. The molecule has 104 valence electrons. The van der Waals surface area contributed by atoms with E-state index >= 15 is 0 Å². The fraction of sp³-hybridized carbons (Fsp3) is 0.0556. The van der Waals surface area contributed by atoms with Crippen molar-refractivity contribution in [1.82, 2.24) is 0 Å². The molecule has 1 N–H and O–H groups in total. The number of rotatable bonds is 3. The number of hydrogen-bond donors (Lipinski definition) is 1. The normalized spacial score (nSPS) is 10.5. The van der Waals surface area contributed by atoms with Crippen molar-refractivity contribution < 1.29 is 4.79 Å². The van der Waals surface area contributed by atoms with E-state index in [1.54, 1.807) is 12.1 Å². The lowest BCUT2D eigenvalue weighted by atomic mass is 10.0. The number of halogens is 1. The van der Waals surface area contributed by atoms with Crippen LogP contribution in [0.5, 0.6) is 0 Å². The molecule has 3 aromatic rings. The van der Waals surface area contributed by atoms with Gasteiger partial charge in [-0.05, 0) is 34.5 Å². The monoisotopic (exact) mass is 295 g/mol. The molecule has 1 amide bonds. The first-order valence-electron chi connectivity index (χ1n) is 6.74. The van der Waals surface area contributed by atoms with Gasteiger partial charge in [0.25, 0.3) is 0 Å². The summed E-state index contributed by atoms with van der Waals surface area (Å²) in [4.78, 5) is 12.1. The summed E-state index contributed by atoms with van der Waals surface area (Å²) < 4.78 is 0. The number of amides is 1. The largest absolute Gasteiger partial charge is 0.326 e. The summed E-state index contributed by atoms with van der Waals surface area (Å²) in [5.74, 6) is -0.0486. The van der Waals surface area contributed by atoms with Crippen molar-refractivity contribution in [2.75, 3.05) is 5.32 Å². The summed E-state index contributed by atoms with van der Waals surface area (Å²) in [7, 11) is 0. The van der Waals surface area contributed by atoms with E-state index in [1.807, 2.05) is 48.5 Å². The van der Waals surface area contributed by atoms with Gasteiger partial charge in [-0.3, -0.25) is 4.79 Å². The summed E-state index contributed by atoms with van der Waals surface area (Å²) in [6, 6.07) is 21.3. The Morgan fingerprint density at radius 1 is 0.905 bits per heavy atom. The molecule has 2 nitrogen and oxygen atoms in total. The molecule has 0 heterocycles. The first-order chi connectivity index (χ1) is 10.2. The number of fused-ring (bicyclic) bond motifs is 1. The minimum Gasteiger partial charge on any atom is -0.326 e. The van der Waals surface area contributed by atoms with Gasteiger partial charge in [-0.25, -0.2) is 0 Å². The number of anilines is 1. The quantitative estimate of drug-likeness (QED) is 0.747. The van der Waals surface area contributed by atoms with Crippen molar-refractivity contribution in [2.24, 2.45) is 0 Å². The predicted octanol–water partition coefficient (Wildman–Crippen LogP) is 4.67. The van der Waals surface area contributed by atoms with Gasteiger partial charge in [0.1, 0.15) is 0 Å². The molecule has 0 aliphatic rings. The zero-order valence-electron chi connectivity index (χ0n) is 11.3. The smallest absolute Gasteiger partial charge is 0.228 e. The topological polar surface area (TPSA) is 29.1 Å². The van der Waals surface area contributed by atoms with E-state index < -0.39 is 0 Å². The average Bonchev–Trinajstić information content (AvgIpc) is 2.47. The third-order valence-corrected chi connectivity index (χ3v) is 3.52. The summed E-state index contributed by atoms with van der Waals surface area (Å²) in [5.41, 5.74) is 1.71. The van der Waals surface area contributed by atoms with Crippen LogP contribution in [-0.2, 0) is 11.2 Å². The minimum absolute atomic E-state index is 0.0486. The molecular formula is C18H14ClNO. The van der Waals surface area contributed by atoms with Crippen molar-refractivity contribution >= 4 is 34.0 Å². The van der Waals surface area contributed by atoms with Crippen LogP contribution in [0.25, 0.3) is 10.8 Å². The second-order valence-electron chi connectivity index (χ2n) is 4.92. The first-order valence-corrected chi connectivity index (χ1v) is 7.11. The Kier molecular flexibility index (Phi) is 3.89. The van der Waals surface area contributed by atoms with E-state index in [-0.39, 0.29) is 5.91 Å². The molecule has 0 aromatic heterocycles. The van der Waals surface area contributed by atoms with Crippen LogP contribution in [0.3, 0.4) is 0 Å². The molecule has 21 heavy (non-hydrogen) atoms. The molecule has 0 saturated carbocycles. The predicted molar refractivity (Wildman–Crippen MR) is 87.7 cm³/mol. The van der Waals surface area contributed by atoms with Crippen molar-refractivity contribution in [3.8, 4) is 0 Å². The van der Waals surface area contributed by atoms with Crippen molar-refractivity contribution in [1.29, 1.82) is 0 Å². The van der Waals surface area contributed by atoms with Gasteiger partial charge in [0.2, 0.25) is 5.91 Å². The number of nitrogens with one attached hydrogen (secondary N) is 1. The van der Waals surface area contributed by atoms with Crippen molar-refractivity contribution in [3.63, 3.8) is 0 Å². The van der Waals surface area contributed by atoms with E-state index in [9.17, 15) is 4.79 Å². The van der Waals surface area contributed by atoms with E-state index in [2.05, 4.69) is 11.4 Å². The highest BCUT2D eigenvalue weighted by atomic mass is 35.5. The molecule has 0 fully saturated rings. The third kappa shape index (κ3) is 3.41. The maximum atomic E-state index is 12.1. The van der Waals surface area contributed by atoms with E-state index in [0.717, 1.165) is 10.9 Å². The van der Waals surface area contributed by atoms with Gasteiger partial charge >= 0.3 is 0 Å². The molecule has 3 rings (SSSR count). The fourth-order valence-corrected chi connectivity index (χ4v) is 2.50. The Morgan fingerprint density at radius 3 is 2.52 bits per heavy atom. The Balaban J connectivity index is 1.74.